The van der Waals surface area contributed by atoms with Gasteiger partial charge in [0.1, 0.15) is 13.2 Å². The minimum absolute atomic E-state index is 0.00205. The average molecular weight is 341 g/mol. The Morgan fingerprint density at radius 3 is 2.88 bits per heavy atom. The third-order valence-electron chi connectivity index (χ3n) is 4.86. The standard InChI is InChI=1S/C19H23N3O3/c1-21-8-2-4-15(21)16-5-3-9-22(16)13-19(23)20-14-6-7-17-18(12-14)25-11-10-24-17/h2,4,6-8,12,16H,3,5,9-11,13H2,1H3,(H,20,23)/t16-/m0/s1. The fourth-order valence-corrected chi connectivity index (χ4v) is 3.68. The number of hydrogen-bond acceptors (Lipinski definition) is 4. The molecule has 0 bridgehead atoms. The number of anilines is 1. The summed E-state index contributed by atoms with van der Waals surface area (Å²) in [5.74, 6) is 1.41. The number of carbonyl (C=O) groups is 1. The Morgan fingerprint density at radius 1 is 1.24 bits per heavy atom. The molecule has 3 heterocycles. The average Bonchev–Trinajstić information content (AvgIpc) is 3.23. The second-order valence-electron chi connectivity index (χ2n) is 6.58. The van der Waals surface area contributed by atoms with Gasteiger partial charge in [0, 0.05) is 30.7 Å². The van der Waals surface area contributed by atoms with Crippen LogP contribution in [0.3, 0.4) is 0 Å². The lowest BCUT2D eigenvalue weighted by Crippen LogP contribution is -2.33. The van der Waals surface area contributed by atoms with Crippen molar-refractivity contribution < 1.29 is 14.3 Å². The van der Waals surface area contributed by atoms with Gasteiger partial charge in [-0.15, -0.1) is 0 Å². The molecule has 6 nitrogen and oxygen atoms in total. The number of hydrogen-bond donors (Lipinski definition) is 1. The Labute approximate surface area is 147 Å². The minimum atomic E-state index is -0.00205. The highest BCUT2D eigenvalue weighted by molar-refractivity contribution is 5.92. The van der Waals surface area contributed by atoms with E-state index in [1.807, 2.05) is 18.2 Å². The number of carbonyl (C=O) groups excluding carboxylic acids is 1. The molecule has 0 unspecified atom stereocenters. The van der Waals surface area contributed by atoms with Crippen LogP contribution in [-0.4, -0.2) is 41.7 Å². The summed E-state index contributed by atoms with van der Waals surface area (Å²) in [6.45, 7) is 2.44. The van der Waals surface area contributed by atoms with E-state index in [2.05, 4.69) is 40.2 Å². The lowest BCUT2D eigenvalue weighted by molar-refractivity contribution is -0.117. The zero-order valence-corrected chi connectivity index (χ0v) is 14.4. The van der Waals surface area contributed by atoms with E-state index in [4.69, 9.17) is 9.47 Å². The normalized spacial score (nSPS) is 19.8. The third kappa shape index (κ3) is 3.35. The van der Waals surface area contributed by atoms with Gasteiger partial charge in [-0.1, -0.05) is 0 Å². The Bertz CT molecular complexity index is 771. The number of nitrogens with one attached hydrogen (secondary N) is 1. The predicted molar refractivity (Wildman–Crippen MR) is 95.0 cm³/mol. The van der Waals surface area contributed by atoms with Crippen LogP contribution in [0.5, 0.6) is 11.5 Å². The van der Waals surface area contributed by atoms with Crippen LogP contribution >= 0.6 is 0 Å². The molecule has 1 fully saturated rings. The molecule has 2 aliphatic heterocycles. The fourth-order valence-electron chi connectivity index (χ4n) is 3.68. The van der Waals surface area contributed by atoms with Crippen LogP contribution in [0.15, 0.2) is 36.5 Å². The molecular formula is C19H23N3O3. The SMILES string of the molecule is Cn1cccc1[C@@H]1CCCN1CC(=O)Nc1ccc2c(c1)OCCO2. The molecule has 2 aromatic rings. The molecule has 25 heavy (non-hydrogen) atoms. The highest BCUT2D eigenvalue weighted by atomic mass is 16.6. The number of benzene rings is 1. The van der Waals surface area contributed by atoms with Gasteiger partial charge in [0.15, 0.2) is 11.5 Å². The van der Waals surface area contributed by atoms with E-state index in [1.54, 1.807) is 0 Å². The van der Waals surface area contributed by atoms with Crippen molar-refractivity contribution in [1.29, 1.82) is 0 Å². The molecule has 4 rings (SSSR count). The maximum atomic E-state index is 12.5. The number of ether oxygens (including phenoxy) is 2. The van der Waals surface area contributed by atoms with Crippen LogP contribution in [0.25, 0.3) is 0 Å². The fraction of sp³-hybridized carbons (Fsp3) is 0.421. The number of nitrogens with zero attached hydrogens (tertiary/aromatic N) is 2. The second kappa shape index (κ2) is 6.80. The number of rotatable bonds is 4. The van der Waals surface area contributed by atoms with E-state index < -0.39 is 0 Å². The molecule has 0 radical (unpaired) electrons. The first-order chi connectivity index (χ1) is 12.2. The van der Waals surface area contributed by atoms with Crippen molar-refractivity contribution >= 4 is 11.6 Å². The van der Waals surface area contributed by atoms with Crippen molar-refractivity contribution in [3.05, 3.63) is 42.2 Å². The van der Waals surface area contributed by atoms with E-state index >= 15 is 0 Å². The molecule has 0 saturated carbocycles. The maximum Gasteiger partial charge on any atom is 0.238 e. The topological polar surface area (TPSA) is 55.7 Å². The van der Waals surface area contributed by atoms with Gasteiger partial charge in [-0.2, -0.15) is 0 Å². The molecule has 1 saturated heterocycles. The molecule has 1 atom stereocenters. The minimum Gasteiger partial charge on any atom is -0.486 e. The van der Waals surface area contributed by atoms with Gasteiger partial charge < -0.3 is 19.4 Å². The highest BCUT2D eigenvalue weighted by Crippen LogP contribution is 2.33. The molecule has 0 spiro atoms. The van der Waals surface area contributed by atoms with Crippen molar-refractivity contribution in [3.63, 3.8) is 0 Å². The summed E-state index contributed by atoms with van der Waals surface area (Å²) >= 11 is 0. The van der Waals surface area contributed by atoms with Gasteiger partial charge >= 0.3 is 0 Å². The molecule has 2 aliphatic rings. The molecular weight excluding hydrogens is 318 g/mol. The third-order valence-corrected chi connectivity index (χ3v) is 4.86. The van der Waals surface area contributed by atoms with Gasteiger partial charge in [-0.3, -0.25) is 9.69 Å². The Balaban J connectivity index is 1.41. The van der Waals surface area contributed by atoms with Gasteiger partial charge in [0.05, 0.1) is 12.6 Å². The molecule has 0 aliphatic carbocycles. The van der Waals surface area contributed by atoms with Crippen LogP contribution < -0.4 is 14.8 Å². The summed E-state index contributed by atoms with van der Waals surface area (Å²) in [6, 6.07) is 10.0. The number of likely N-dealkylation sites (tertiary alicyclic amines) is 1. The van der Waals surface area contributed by atoms with Crippen LogP contribution in [0.1, 0.15) is 24.6 Å². The summed E-state index contributed by atoms with van der Waals surface area (Å²) in [5, 5.41) is 2.98. The lowest BCUT2D eigenvalue weighted by Gasteiger charge is -2.24. The Morgan fingerprint density at radius 2 is 2.08 bits per heavy atom. The van der Waals surface area contributed by atoms with E-state index in [1.165, 1.54) is 5.69 Å². The lowest BCUT2D eigenvalue weighted by atomic mass is 10.1. The zero-order chi connectivity index (χ0) is 17.2. The monoisotopic (exact) mass is 341 g/mol. The molecule has 6 heteroatoms. The van der Waals surface area contributed by atoms with Gasteiger partial charge in [0.25, 0.3) is 0 Å². The summed E-state index contributed by atoms with van der Waals surface area (Å²) in [5.41, 5.74) is 2.01. The van der Waals surface area contributed by atoms with E-state index in [0.717, 1.165) is 30.8 Å². The Hall–Kier alpha value is -2.47. The molecule has 132 valence electrons. The summed E-state index contributed by atoms with van der Waals surface area (Å²) in [4.78, 5) is 14.8. The highest BCUT2D eigenvalue weighted by Gasteiger charge is 2.29. The van der Waals surface area contributed by atoms with Crippen molar-refractivity contribution in [1.82, 2.24) is 9.47 Å². The number of amides is 1. The van der Waals surface area contributed by atoms with Crippen molar-refractivity contribution in [2.45, 2.75) is 18.9 Å². The Kier molecular flexibility index (Phi) is 4.36. The van der Waals surface area contributed by atoms with Gasteiger partial charge in [-0.25, -0.2) is 0 Å². The maximum absolute atomic E-state index is 12.5. The number of fused-ring (bicyclic) bond motifs is 1. The van der Waals surface area contributed by atoms with Crippen molar-refractivity contribution in [2.24, 2.45) is 7.05 Å². The van der Waals surface area contributed by atoms with Crippen LogP contribution in [-0.2, 0) is 11.8 Å². The van der Waals surface area contributed by atoms with Gasteiger partial charge in [-0.05, 0) is 43.7 Å². The largest absolute Gasteiger partial charge is 0.486 e. The summed E-state index contributed by atoms with van der Waals surface area (Å²) in [6.07, 6.45) is 4.27. The van der Waals surface area contributed by atoms with E-state index in [-0.39, 0.29) is 5.91 Å². The number of aryl methyl sites for hydroxylation is 1. The van der Waals surface area contributed by atoms with Gasteiger partial charge in [0.2, 0.25) is 5.91 Å². The van der Waals surface area contributed by atoms with Crippen molar-refractivity contribution in [2.75, 3.05) is 31.6 Å². The molecule has 1 aromatic carbocycles. The van der Waals surface area contributed by atoms with Crippen LogP contribution in [0.4, 0.5) is 5.69 Å². The second-order valence-corrected chi connectivity index (χ2v) is 6.58. The van der Waals surface area contributed by atoms with Crippen LogP contribution in [0.2, 0.25) is 0 Å². The molecule has 1 N–H and O–H groups in total. The molecule has 1 amide bonds. The van der Waals surface area contributed by atoms with Crippen LogP contribution in [0, 0.1) is 0 Å². The van der Waals surface area contributed by atoms with E-state index in [9.17, 15) is 4.79 Å². The first-order valence-corrected chi connectivity index (χ1v) is 8.75. The van der Waals surface area contributed by atoms with Crippen molar-refractivity contribution in [3.8, 4) is 11.5 Å². The smallest absolute Gasteiger partial charge is 0.238 e. The first kappa shape index (κ1) is 16.0. The number of aromatic nitrogens is 1. The predicted octanol–water partition coefficient (Wildman–Crippen LogP) is 2.57. The summed E-state index contributed by atoms with van der Waals surface area (Å²) < 4.78 is 13.2. The quantitative estimate of drug-likeness (QED) is 0.929. The summed E-state index contributed by atoms with van der Waals surface area (Å²) in [7, 11) is 2.06. The zero-order valence-electron chi connectivity index (χ0n) is 14.4. The first-order valence-electron chi connectivity index (χ1n) is 8.75. The van der Waals surface area contributed by atoms with E-state index in [0.29, 0.717) is 31.5 Å². The molecule has 1 aromatic heterocycles.